The Kier molecular flexibility index (Phi) is 6.72. The summed E-state index contributed by atoms with van der Waals surface area (Å²) in [4.78, 5) is 45.0. The molecule has 0 aliphatic rings. The van der Waals surface area contributed by atoms with Crippen molar-refractivity contribution in [2.75, 3.05) is 13.7 Å². The number of benzene rings is 1. The molecule has 2 amide bonds. The minimum absolute atomic E-state index is 0.0820. The van der Waals surface area contributed by atoms with Crippen molar-refractivity contribution >= 4 is 23.8 Å². The molecule has 0 aromatic heterocycles. The molecule has 0 radical (unpaired) electrons. The van der Waals surface area contributed by atoms with E-state index in [0.29, 0.717) is 11.3 Å². The van der Waals surface area contributed by atoms with Gasteiger partial charge in [-0.1, -0.05) is 0 Å². The number of ether oxygens (including phenoxy) is 3. The normalized spacial score (nSPS) is 11.1. The highest BCUT2D eigenvalue weighted by Crippen LogP contribution is 2.12. The zero-order valence-electron chi connectivity index (χ0n) is 13.0. The molecule has 0 bridgehead atoms. The van der Waals surface area contributed by atoms with E-state index in [0.717, 1.165) is 7.11 Å². The minimum Gasteiger partial charge on any atom is -0.482 e. The summed E-state index contributed by atoms with van der Waals surface area (Å²) in [6, 6.07) is 6.21. The van der Waals surface area contributed by atoms with E-state index >= 15 is 0 Å². The summed E-state index contributed by atoms with van der Waals surface area (Å²) in [6.07, 6.45) is -2.12. The van der Waals surface area contributed by atoms with Gasteiger partial charge in [0.1, 0.15) is 5.75 Å². The van der Waals surface area contributed by atoms with Crippen LogP contribution in [0.1, 0.15) is 24.2 Å². The largest absolute Gasteiger partial charge is 0.482 e. The van der Waals surface area contributed by atoms with E-state index in [2.05, 4.69) is 4.74 Å². The fourth-order valence-corrected chi connectivity index (χ4v) is 1.47. The number of hydrogen-bond donors (Lipinski definition) is 1. The molecule has 1 rings (SSSR count). The fourth-order valence-electron chi connectivity index (χ4n) is 1.47. The van der Waals surface area contributed by atoms with Gasteiger partial charge in [-0.3, -0.25) is 14.9 Å². The van der Waals surface area contributed by atoms with E-state index in [1.54, 1.807) is 12.1 Å². The maximum atomic E-state index is 11.6. The zero-order valence-corrected chi connectivity index (χ0v) is 13.0. The number of methoxy groups -OCH3 is 1. The van der Waals surface area contributed by atoms with Gasteiger partial charge in [-0.05, 0) is 38.1 Å². The fraction of sp³-hybridized carbons (Fsp3) is 0.333. The number of amides is 2. The smallest absolute Gasteiger partial charge is 0.413 e. The second kappa shape index (κ2) is 8.52. The molecule has 8 nitrogen and oxygen atoms in total. The van der Waals surface area contributed by atoms with Crippen LogP contribution in [0.25, 0.3) is 0 Å². The monoisotopic (exact) mass is 323 g/mol. The van der Waals surface area contributed by atoms with Crippen molar-refractivity contribution in [1.82, 2.24) is 5.32 Å². The molecule has 1 atom stereocenters. The lowest BCUT2D eigenvalue weighted by atomic mass is 10.1. The lowest BCUT2D eigenvalue weighted by Gasteiger charge is -2.12. The molecule has 0 unspecified atom stereocenters. The van der Waals surface area contributed by atoms with Gasteiger partial charge in [-0.25, -0.2) is 9.59 Å². The highest BCUT2D eigenvalue weighted by molar-refractivity contribution is 5.95. The van der Waals surface area contributed by atoms with E-state index in [9.17, 15) is 19.2 Å². The van der Waals surface area contributed by atoms with E-state index in [-0.39, 0.29) is 5.78 Å². The summed E-state index contributed by atoms with van der Waals surface area (Å²) >= 11 is 0. The van der Waals surface area contributed by atoms with Crippen LogP contribution in [0.4, 0.5) is 4.79 Å². The molecular weight excluding hydrogens is 306 g/mol. The molecule has 23 heavy (non-hydrogen) atoms. The molecule has 0 aliphatic carbocycles. The first-order valence-corrected chi connectivity index (χ1v) is 6.65. The van der Waals surface area contributed by atoms with Gasteiger partial charge in [0.05, 0.1) is 7.11 Å². The van der Waals surface area contributed by atoms with E-state index in [4.69, 9.17) is 9.47 Å². The standard InChI is InChI=1S/C15H17NO7/c1-9(17)11-4-6-12(7-5-11)22-8-13(18)23-10(2)14(19)16-15(20)21-3/h4-7,10H,8H2,1-3H3,(H,16,19,20)/t10-/m0/s1. The number of alkyl carbamates (subject to hydrolysis) is 1. The van der Waals surface area contributed by atoms with Crippen molar-refractivity contribution in [2.24, 2.45) is 0 Å². The number of rotatable bonds is 6. The van der Waals surface area contributed by atoms with Gasteiger partial charge >= 0.3 is 12.1 Å². The van der Waals surface area contributed by atoms with Crippen molar-refractivity contribution in [3.8, 4) is 5.75 Å². The summed E-state index contributed by atoms with van der Waals surface area (Å²) in [7, 11) is 1.10. The molecule has 1 aromatic carbocycles. The average molecular weight is 323 g/mol. The van der Waals surface area contributed by atoms with Gasteiger partial charge in [0.25, 0.3) is 5.91 Å². The summed E-state index contributed by atoms with van der Waals surface area (Å²) in [5.74, 6) is -1.30. The maximum Gasteiger partial charge on any atom is 0.413 e. The Labute approximate surface area is 132 Å². The predicted molar refractivity (Wildman–Crippen MR) is 78.0 cm³/mol. The number of hydrogen-bond acceptors (Lipinski definition) is 7. The zero-order chi connectivity index (χ0) is 17.4. The Morgan fingerprint density at radius 1 is 1.13 bits per heavy atom. The Morgan fingerprint density at radius 3 is 2.26 bits per heavy atom. The van der Waals surface area contributed by atoms with Crippen molar-refractivity contribution < 1.29 is 33.4 Å². The number of carbonyl (C=O) groups is 4. The highest BCUT2D eigenvalue weighted by atomic mass is 16.6. The first-order chi connectivity index (χ1) is 10.8. The van der Waals surface area contributed by atoms with Crippen LogP contribution >= 0.6 is 0 Å². The number of nitrogens with one attached hydrogen (secondary N) is 1. The van der Waals surface area contributed by atoms with E-state index in [1.807, 2.05) is 5.32 Å². The molecule has 8 heteroatoms. The average Bonchev–Trinajstić information content (AvgIpc) is 2.52. The quantitative estimate of drug-likeness (QED) is 0.616. The highest BCUT2D eigenvalue weighted by Gasteiger charge is 2.20. The van der Waals surface area contributed by atoms with Gasteiger partial charge in [-0.2, -0.15) is 0 Å². The van der Waals surface area contributed by atoms with Crippen LogP contribution < -0.4 is 10.1 Å². The van der Waals surface area contributed by atoms with Crippen molar-refractivity contribution in [3.05, 3.63) is 29.8 Å². The van der Waals surface area contributed by atoms with Crippen LogP contribution in [0.2, 0.25) is 0 Å². The third kappa shape index (κ3) is 6.16. The van der Waals surface area contributed by atoms with Crippen molar-refractivity contribution in [2.45, 2.75) is 20.0 Å². The minimum atomic E-state index is -1.18. The predicted octanol–water partition coefficient (Wildman–Crippen LogP) is 1.08. The van der Waals surface area contributed by atoms with Gasteiger partial charge in [0, 0.05) is 5.56 Å². The number of imide groups is 1. The van der Waals surface area contributed by atoms with Crippen LogP contribution in [0.15, 0.2) is 24.3 Å². The third-order valence-corrected chi connectivity index (χ3v) is 2.71. The summed E-state index contributed by atoms with van der Waals surface area (Å²) in [6.45, 7) is 2.32. The molecule has 124 valence electrons. The number of carbonyl (C=O) groups excluding carboxylic acids is 4. The van der Waals surface area contributed by atoms with Crippen LogP contribution in [-0.4, -0.2) is 43.6 Å². The molecule has 1 aromatic rings. The van der Waals surface area contributed by atoms with Crippen molar-refractivity contribution in [3.63, 3.8) is 0 Å². The molecule has 0 heterocycles. The van der Waals surface area contributed by atoms with Gasteiger partial charge in [-0.15, -0.1) is 0 Å². The lowest BCUT2D eigenvalue weighted by molar-refractivity contribution is -0.156. The summed E-state index contributed by atoms with van der Waals surface area (Å²) in [5.41, 5.74) is 0.521. The lowest BCUT2D eigenvalue weighted by Crippen LogP contribution is -2.40. The Morgan fingerprint density at radius 2 is 1.74 bits per heavy atom. The third-order valence-electron chi connectivity index (χ3n) is 2.71. The molecule has 0 saturated heterocycles. The van der Waals surface area contributed by atoms with Crippen molar-refractivity contribution in [1.29, 1.82) is 0 Å². The number of Topliss-reactive ketones (excluding diaryl/α,β-unsaturated/α-hetero) is 1. The van der Waals surface area contributed by atoms with E-state index < -0.39 is 30.7 Å². The van der Waals surface area contributed by atoms with Crippen LogP contribution in [0.5, 0.6) is 5.75 Å². The van der Waals surface area contributed by atoms with Crippen LogP contribution in [-0.2, 0) is 19.1 Å². The number of esters is 1. The van der Waals surface area contributed by atoms with Gasteiger partial charge in [0.15, 0.2) is 18.5 Å². The Hall–Kier alpha value is -2.90. The van der Waals surface area contributed by atoms with Gasteiger partial charge < -0.3 is 14.2 Å². The molecule has 0 fully saturated rings. The van der Waals surface area contributed by atoms with Crippen LogP contribution in [0.3, 0.4) is 0 Å². The maximum absolute atomic E-state index is 11.6. The molecule has 0 spiro atoms. The SMILES string of the molecule is COC(=O)NC(=O)[C@H](C)OC(=O)COc1ccc(C(C)=O)cc1. The second-order valence-electron chi connectivity index (χ2n) is 4.48. The number of ketones is 1. The topological polar surface area (TPSA) is 108 Å². The Balaban J connectivity index is 2.43. The molecular formula is C15H17NO7. The molecule has 0 saturated carbocycles. The Bertz CT molecular complexity index is 594. The second-order valence-corrected chi connectivity index (χ2v) is 4.48. The van der Waals surface area contributed by atoms with Crippen LogP contribution in [0, 0.1) is 0 Å². The first kappa shape index (κ1) is 18.1. The van der Waals surface area contributed by atoms with Gasteiger partial charge in [0.2, 0.25) is 0 Å². The molecule has 1 N–H and O–H groups in total. The summed E-state index contributed by atoms with van der Waals surface area (Å²) < 4.78 is 14.2. The van der Waals surface area contributed by atoms with E-state index in [1.165, 1.54) is 26.0 Å². The summed E-state index contributed by atoms with van der Waals surface area (Å²) in [5, 5.41) is 1.88. The molecule has 0 aliphatic heterocycles. The first-order valence-electron chi connectivity index (χ1n) is 6.65.